The molecule has 5 nitrogen and oxygen atoms in total. The van der Waals surface area contributed by atoms with E-state index < -0.39 is 15.7 Å². The van der Waals surface area contributed by atoms with Crippen molar-refractivity contribution in [2.75, 3.05) is 6.26 Å². The molecule has 6 heteroatoms. The second-order valence-corrected chi connectivity index (χ2v) is 5.00. The largest absolute Gasteiger partial charge is 0.364 e. The second kappa shape index (κ2) is 3.45. The van der Waals surface area contributed by atoms with Crippen molar-refractivity contribution in [1.82, 2.24) is 4.57 Å². The van der Waals surface area contributed by atoms with Crippen molar-refractivity contribution in [2.24, 2.45) is 5.73 Å². The predicted octanol–water partition coefficient (Wildman–Crippen LogP) is 0.0104. The Hall–Kier alpha value is -1.30. The first-order valence-electron chi connectivity index (χ1n) is 4.06. The Balaban J connectivity index is 3.34. The number of nitrogens with zero attached hydrogens (tertiary/aromatic N) is 1. The number of hydrogen-bond donors (Lipinski definition) is 1. The van der Waals surface area contributed by atoms with Gasteiger partial charge in [-0.05, 0) is 13.0 Å². The molecule has 1 heterocycles. The first-order valence-corrected chi connectivity index (χ1v) is 5.95. The molecule has 0 aliphatic rings. The lowest BCUT2D eigenvalue weighted by Crippen LogP contribution is -2.15. The number of nitrogens with two attached hydrogens (primary N) is 1. The fourth-order valence-corrected chi connectivity index (χ4v) is 1.80. The standard InChI is InChI=1S/C8H12N2O3S/c1-3-10-5-6(14(2,12)13)4-7(10)8(9)11/h4-5H,3H2,1-2H3,(H2,9,11). The summed E-state index contributed by atoms with van der Waals surface area (Å²) in [5.41, 5.74) is 5.31. The minimum Gasteiger partial charge on any atom is -0.364 e. The van der Waals surface area contributed by atoms with Crippen LogP contribution in [0.1, 0.15) is 17.4 Å². The molecular formula is C8H12N2O3S. The molecule has 1 aromatic heterocycles. The van der Waals surface area contributed by atoms with Crippen molar-refractivity contribution < 1.29 is 13.2 Å². The third-order valence-corrected chi connectivity index (χ3v) is 2.97. The first kappa shape index (κ1) is 10.8. The zero-order valence-electron chi connectivity index (χ0n) is 8.02. The highest BCUT2D eigenvalue weighted by molar-refractivity contribution is 7.90. The van der Waals surface area contributed by atoms with Crippen molar-refractivity contribution in [1.29, 1.82) is 0 Å². The van der Waals surface area contributed by atoms with Gasteiger partial charge < -0.3 is 10.3 Å². The van der Waals surface area contributed by atoms with Crippen molar-refractivity contribution in [3.8, 4) is 0 Å². The highest BCUT2D eigenvalue weighted by Crippen LogP contribution is 2.13. The third-order valence-electron chi connectivity index (χ3n) is 1.89. The van der Waals surface area contributed by atoms with Crippen LogP contribution in [0.25, 0.3) is 0 Å². The van der Waals surface area contributed by atoms with Gasteiger partial charge in [0.2, 0.25) is 0 Å². The summed E-state index contributed by atoms with van der Waals surface area (Å²) >= 11 is 0. The van der Waals surface area contributed by atoms with Gasteiger partial charge in [0.05, 0.1) is 4.90 Å². The van der Waals surface area contributed by atoms with Gasteiger partial charge in [-0.2, -0.15) is 0 Å². The fourth-order valence-electron chi connectivity index (χ4n) is 1.16. The van der Waals surface area contributed by atoms with Crippen LogP contribution in [-0.4, -0.2) is 25.1 Å². The van der Waals surface area contributed by atoms with Gasteiger partial charge in [0.1, 0.15) is 5.69 Å². The molecule has 0 aliphatic carbocycles. The summed E-state index contributed by atoms with van der Waals surface area (Å²) in [4.78, 5) is 11.0. The minimum atomic E-state index is -3.28. The lowest BCUT2D eigenvalue weighted by molar-refractivity contribution is 0.0991. The van der Waals surface area contributed by atoms with Gasteiger partial charge in [0, 0.05) is 19.0 Å². The van der Waals surface area contributed by atoms with Crippen LogP contribution in [0, 0.1) is 0 Å². The Bertz CT molecular complexity index is 459. The van der Waals surface area contributed by atoms with Crippen LogP contribution in [-0.2, 0) is 16.4 Å². The zero-order chi connectivity index (χ0) is 10.9. The highest BCUT2D eigenvalue weighted by atomic mass is 32.2. The second-order valence-electron chi connectivity index (χ2n) is 2.98. The molecule has 0 atom stereocenters. The van der Waals surface area contributed by atoms with Crippen LogP contribution >= 0.6 is 0 Å². The summed E-state index contributed by atoms with van der Waals surface area (Å²) < 4.78 is 23.9. The monoisotopic (exact) mass is 216 g/mol. The van der Waals surface area contributed by atoms with Crippen LogP contribution in [0.3, 0.4) is 0 Å². The van der Waals surface area contributed by atoms with E-state index in [4.69, 9.17) is 5.73 Å². The van der Waals surface area contributed by atoms with Crippen molar-refractivity contribution in [2.45, 2.75) is 18.4 Å². The maximum absolute atomic E-state index is 11.2. The molecule has 0 saturated heterocycles. The van der Waals surface area contributed by atoms with Crippen LogP contribution in [0.4, 0.5) is 0 Å². The minimum absolute atomic E-state index is 0.119. The first-order chi connectivity index (χ1) is 6.36. The van der Waals surface area contributed by atoms with Gasteiger partial charge >= 0.3 is 0 Å². The average Bonchev–Trinajstić information content (AvgIpc) is 2.45. The SMILES string of the molecule is CCn1cc(S(C)(=O)=O)cc1C(N)=O. The molecule has 0 saturated carbocycles. The molecule has 1 rings (SSSR count). The lowest BCUT2D eigenvalue weighted by Gasteiger charge is -1.99. The zero-order valence-corrected chi connectivity index (χ0v) is 8.84. The Morgan fingerprint density at radius 2 is 2.14 bits per heavy atom. The molecular weight excluding hydrogens is 204 g/mol. The van der Waals surface area contributed by atoms with Crippen molar-refractivity contribution in [3.63, 3.8) is 0 Å². The maximum atomic E-state index is 11.2. The third kappa shape index (κ3) is 1.95. The number of aromatic nitrogens is 1. The van der Waals surface area contributed by atoms with E-state index in [1.807, 2.05) is 0 Å². The Kier molecular flexibility index (Phi) is 2.66. The van der Waals surface area contributed by atoms with E-state index in [9.17, 15) is 13.2 Å². The van der Waals surface area contributed by atoms with E-state index in [0.29, 0.717) is 6.54 Å². The van der Waals surface area contributed by atoms with E-state index in [-0.39, 0.29) is 10.6 Å². The number of sulfone groups is 1. The van der Waals surface area contributed by atoms with E-state index in [1.54, 1.807) is 6.92 Å². The summed E-state index contributed by atoms with van der Waals surface area (Å²) in [6, 6.07) is 1.29. The Morgan fingerprint density at radius 1 is 1.57 bits per heavy atom. The predicted molar refractivity (Wildman–Crippen MR) is 51.7 cm³/mol. The van der Waals surface area contributed by atoms with Gasteiger partial charge in [0.15, 0.2) is 9.84 Å². The topological polar surface area (TPSA) is 82.2 Å². The van der Waals surface area contributed by atoms with Gasteiger partial charge in [-0.25, -0.2) is 8.42 Å². The van der Waals surface area contributed by atoms with E-state index in [2.05, 4.69) is 0 Å². The highest BCUT2D eigenvalue weighted by Gasteiger charge is 2.15. The van der Waals surface area contributed by atoms with E-state index in [0.717, 1.165) is 6.26 Å². The van der Waals surface area contributed by atoms with Crippen molar-refractivity contribution in [3.05, 3.63) is 18.0 Å². The summed E-state index contributed by atoms with van der Waals surface area (Å²) in [5, 5.41) is 0. The maximum Gasteiger partial charge on any atom is 0.265 e. The van der Waals surface area contributed by atoms with Crippen molar-refractivity contribution >= 4 is 15.7 Å². The summed E-state index contributed by atoms with van der Waals surface area (Å²) in [6.07, 6.45) is 2.50. The normalized spacial score (nSPS) is 11.6. The molecule has 0 spiro atoms. The molecule has 78 valence electrons. The Labute approximate surface area is 82.4 Å². The van der Waals surface area contributed by atoms with Crippen LogP contribution < -0.4 is 5.73 Å². The number of carbonyl (C=O) groups is 1. The van der Waals surface area contributed by atoms with Gasteiger partial charge in [-0.1, -0.05) is 0 Å². The molecule has 1 amide bonds. The average molecular weight is 216 g/mol. The summed E-state index contributed by atoms with van der Waals surface area (Å²) in [6.45, 7) is 2.31. The van der Waals surface area contributed by atoms with Crippen LogP contribution in [0.2, 0.25) is 0 Å². The molecule has 0 aromatic carbocycles. The molecule has 0 unspecified atom stereocenters. The van der Waals surface area contributed by atoms with E-state index >= 15 is 0 Å². The molecule has 14 heavy (non-hydrogen) atoms. The smallest absolute Gasteiger partial charge is 0.265 e. The van der Waals surface area contributed by atoms with Gasteiger partial charge in [-0.15, -0.1) is 0 Å². The molecule has 0 radical (unpaired) electrons. The lowest BCUT2D eigenvalue weighted by atomic mass is 10.4. The van der Waals surface area contributed by atoms with Gasteiger partial charge in [0.25, 0.3) is 5.91 Å². The number of amides is 1. The fraction of sp³-hybridized carbons (Fsp3) is 0.375. The molecule has 0 fully saturated rings. The number of carbonyl (C=O) groups excluding carboxylic acids is 1. The van der Waals surface area contributed by atoms with E-state index in [1.165, 1.54) is 16.8 Å². The number of hydrogen-bond acceptors (Lipinski definition) is 3. The Morgan fingerprint density at radius 3 is 2.43 bits per heavy atom. The quantitative estimate of drug-likeness (QED) is 0.772. The molecule has 2 N–H and O–H groups in total. The van der Waals surface area contributed by atoms with Crippen LogP contribution in [0.5, 0.6) is 0 Å². The number of rotatable bonds is 3. The van der Waals surface area contributed by atoms with Gasteiger partial charge in [-0.3, -0.25) is 4.79 Å². The molecule has 1 aromatic rings. The number of aryl methyl sites for hydroxylation is 1. The molecule has 0 bridgehead atoms. The van der Waals surface area contributed by atoms with Crippen LogP contribution in [0.15, 0.2) is 17.2 Å². The summed E-state index contributed by atoms with van der Waals surface area (Å²) in [5.74, 6) is -0.623. The number of primary amides is 1. The summed E-state index contributed by atoms with van der Waals surface area (Å²) in [7, 11) is -3.28. The molecule has 0 aliphatic heterocycles.